The molecule has 1 atom stereocenters. The van der Waals surface area contributed by atoms with Crippen molar-refractivity contribution in [3.63, 3.8) is 0 Å². The smallest absolute Gasteiger partial charge is 0.356 e. The summed E-state index contributed by atoms with van der Waals surface area (Å²) in [7, 11) is 0. The molecule has 26 heavy (non-hydrogen) atoms. The summed E-state index contributed by atoms with van der Waals surface area (Å²) in [6, 6.07) is 2.60. The first-order valence-electron chi connectivity index (χ1n) is 8.23. The minimum Gasteiger partial charge on any atom is -0.356 e. The van der Waals surface area contributed by atoms with Crippen LogP contribution < -0.4 is 15.5 Å². The normalized spacial score (nSPS) is 20.9. The predicted octanol–water partition coefficient (Wildman–Crippen LogP) is 2.64. The highest BCUT2D eigenvalue weighted by molar-refractivity contribution is 5.85. The first-order valence-corrected chi connectivity index (χ1v) is 8.23. The maximum Gasteiger partial charge on any atom is 0.417 e. The lowest BCUT2D eigenvalue weighted by Crippen LogP contribution is -2.46. The Kier molecular flexibility index (Phi) is 8.43. The van der Waals surface area contributed by atoms with Crippen molar-refractivity contribution in [3.8, 4) is 0 Å². The number of nitrogens with zero attached hydrogens (tertiary/aromatic N) is 2. The van der Waals surface area contributed by atoms with Crippen molar-refractivity contribution in [1.82, 2.24) is 15.6 Å². The average Bonchev–Trinajstić information content (AvgIpc) is 3.09. The number of amides is 1. The van der Waals surface area contributed by atoms with Crippen LogP contribution in [0.25, 0.3) is 0 Å². The van der Waals surface area contributed by atoms with E-state index in [4.69, 9.17) is 0 Å². The molecule has 10 heteroatoms. The van der Waals surface area contributed by atoms with Gasteiger partial charge in [0.15, 0.2) is 0 Å². The van der Waals surface area contributed by atoms with Crippen LogP contribution in [0, 0.1) is 5.92 Å². The monoisotopic (exact) mass is 414 g/mol. The van der Waals surface area contributed by atoms with Gasteiger partial charge in [-0.25, -0.2) is 4.98 Å². The summed E-state index contributed by atoms with van der Waals surface area (Å²) in [5, 5.41) is 6.26. The number of hydrogen-bond donors (Lipinski definition) is 2. The minimum absolute atomic E-state index is 0. The molecule has 1 aromatic heterocycles. The second-order valence-corrected chi connectivity index (χ2v) is 6.36. The minimum atomic E-state index is -4.36. The summed E-state index contributed by atoms with van der Waals surface area (Å²) in [5.41, 5.74) is -0.737. The lowest BCUT2D eigenvalue weighted by molar-refractivity contribution is -0.137. The van der Waals surface area contributed by atoms with E-state index < -0.39 is 11.7 Å². The average molecular weight is 415 g/mol. The fourth-order valence-corrected chi connectivity index (χ4v) is 3.19. The van der Waals surface area contributed by atoms with Crippen molar-refractivity contribution in [1.29, 1.82) is 0 Å². The van der Waals surface area contributed by atoms with Gasteiger partial charge in [-0.05, 0) is 37.9 Å². The standard InChI is InChI=1S/C16H21F3N4O.2ClH/c17-16(18,19)12-1-2-14(21-10-12)23-7-4-13(5-8-23)22-15(24)11-3-6-20-9-11;;/h1-2,10-11,13,20H,3-9H2,(H,22,24);2*1H. The molecule has 0 bridgehead atoms. The van der Waals surface area contributed by atoms with Crippen molar-refractivity contribution in [2.24, 2.45) is 5.92 Å². The highest BCUT2D eigenvalue weighted by Crippen LogP contribution is 2.29. The molecule has 2 saturated heterocycles. The molecule has 0 aliphatic carbocycles. The highest BCUT2D eigenvalue weighted by Gasteiger charge is 2.31. The zero-order valence-electron chi connectivity index (χ0n) is 14.1. The molecule has 1 unspecified atom stereocenters. The fourth-order valence-electron chi connectivity index (χ4n) is 3.19. The van der Waals surface area contributed by atoms with E-state index in [9.17, 15) is 18.0 Å². The molecule has 0 saturated carbocycles. The maximum atomic E-state index is 12.6. The number of nitrogens with one attached hydrogen (secondary N) is 2. The molecular weight excluding hydrogens is 392 g/mol. The third-order valence-electron chi connectivity index (χ3n) is 4.67. The third-order valence-corrected chi connectivity index (χ3v) is 4.67. The Morgan fingerprint density at radius 2 is 1.88 bits per heavy atom. The van der Waals surface area contributed by atoms with Crippen molar-refractivity contribution in [2.45, 2.75) is 31.5 Å². The molecule has 5 nitrogen and oxygen atoms in total. The SMILES string of the molecule is Cl.Cl.O=C(NC1CCN(c2ccc(C(F)(F)F)cn2)CC1)C1CCNC1. The molecule has 0 spiro atoms. The molecule has 0 radical (unpaired) electrons. The largest absolute Gasteiger partial charge is 0.417 e. The summed E-state index contributed by atoms with van der Waals surface area (Å²) in [6.45, 7) is 2.97. The number of anilines is 1. The Balaban J connectivity index is 0.00000169. The van der Waals surface area contributed by atoms with E-state index >= 15 is 0 Å². The van der Waals surface area contributed by atoms with Crippen molar-refractivity contribution < 1.29 is 18.0 Å². The number of alkyl halides is 3. The van der Waals surface area contributed by atoms with E-state index in [1.807, 2.05) is 4.90 Å². The molecule has 3 rings (SSSR count). The number of aromatic nitrogens is 1. The second-order valence-electron chi connectivity index (χ2n) is 6.36. The van der Waals surface area contributed by atoms with Crippen molar-refractivity contribution in [3.05, 3.63) is 23.9 Å². The molecule has 0 aromatic carbocycles. The second kappa shape index (κ2) is 9.62. The molecule has 2 fully saturated rings. The summed E-state index contributed by atoms with van der Waals surface area (Å²) in [4.78, 5) is 18.0. The van der Waals surface area contributed by atoms with Gasteiger partial charge in [0.1, 0.15) is 5.82 Å². The van der Waals surface area contributed by atoms with E-state index in [2.05, 4.69) is 15.6 Å². The quantitative estimate of drug-likeness (QED) is 0.797. The van der Waals surface area contributed by atoms with Crippen LogP contribution in [0.4, 0.5) is 19.0 Å². The number of halogens is 5. The number of rotatable bonds is 3. The van der Waals surface area contributed by atoms with Crippen molar-refractivity contribution >= 4 is 36.5 Å². The van der Waals surface area contributed by atoms with Gasteiger partial charge in [0.25, 0.3) is 0 Å². The van der Waals surface area contributed by atoms with Crippen LogP contribution in [0.1, 0.15) is 24.8 Å². The summed E-state index contributed by atoms with van der Waals surface area (Å²) in [5.74, 6) is 0.707. The van der Waals surface area contributed by atoms with Gasteiger partial charge in [0, 0.05) is 31.9 Å². The number of hydrogen-bond acceptors (Lipinski definition) is 4. The first kappa shape index (κ1) is 22.8. The molecule has 1 aromatic rings. The lowest BCUT2D eigenvalue weighted by Gasteiger charge is -2.33. The fraction of sp³-hybridized carbons (Fsp3) is 0.625. The van der Waals surface area contributed by atoms with E-state index in [-0.39, 0.29) is 42.7 Å². The van der Waals surface area contributed by atoms with E-state index in [1.165, 1.54) is 6.07 Å². The Hall–Kier alpha value is -1.25. The van der Waals surface area contributed by atoms with Crippen LogP contribution >= 0.6 is 24.8 Å². The van der Waals surface area contributed by atoms with Gasteiger partial charge in [-0.3, -0.25) is 4.79 Å². The lowest BCUT2D eigenvalue weighted by atomic mass is 10.0. The van der Waals surface area contributed by atoms with Crippen molar-refractivity contribution in [2.75, 3.05) is 31.1 Å². The maximum absolute atomic E-state index is 12.6. The van der Waals surface area contributed by atoms with Gasteiger partial charge in [0.2, 0.25) is 5.91 Å². The van der Waals surface area contributed by atoms with Gasteiger partial charge in [-0.1, -0.05) is 0 Å². The first-order chi connectivity index (χ1) is 11.4. The number of pyridine rings is 1. The Morgan fingerprint density at radius 1 is 1.19 bits per heavy atom. The molecular formula is C16H23Cl2F3N4O. The topological polar surface area (TPSA) is 57.3 Å². The van der Waals surface area contributed by atoms with Crippen LogP contribution in [0.15, 0.2) is 18.3 Å². The van der Waals surface area contributed by atoms with Gasteiger partial charge >= 0.3 is 6.18 Å². The van der Waals surface area contributed by atoms with Crippen LogP contribution in [-0.2, 0) is 11.0 Å². The molecule has 2 aliphatic rings. The Morgan fingerprint density at radius 3 is 2.38 bits per heavy atom. The van der Waals surface area contributed by atoms with Gasteiger partial charge in [-0.2, -0.15) is 13.2 Å². The molecule has 1 amide bonds. The third kappa shape index (κ3) is 5.62. The number of carbonyl (C=O) groups excluding carboxylic acids is 1. The van der Waals surface area contributed by atoms with Gasteiger partial charge in [0.05, 0.1) is 11.5 Å². The zero-order chi connectivity index (χ0) is 17.2. The summed E-state index contributed by atoms with van der Waals surface area (Å²) < 4.78 is 37.7. The van der Waals surface area contributed by atoms with E-state index in [0.29, 0.717) is 18.9 Å². The van der Waals surface area contributed by atoms with Gasteiger partial charge in [-0.15, -0.1) is 24.8 Å². The van der Waals surface area contributed by atoms with Crippen LogP contribution in [0.5, 0.6) is 0 Å². The van der Waals surface area contributed by atoms with E-state index in [0.717, 1.165) is 44.6 Å². The summed E-state index contributed by atoms with van der Waals surface area (Å²) in [6.07, 6.45) is -1.07. The Bertz CT molecular complexity index is 572. The molecule has 3 heterocycles. The van der Waals surface area contributed by atoms with Gasteiger partial charge < -0.3 is 15.5 Å². The van der Waals surface area contributed by atoms with Crippen LogP contribution in [0.3, 0.4) is 0 Å². The molecule has 2 N–H and O–H groups in total. The van der Waals surface area contributed by atoms with E-state index in [1.54, 1.807) is 0 Å². The predicted molar refractivity (Wildman–Crippen MR) is 98.1 cm³/mol. The van der Waals surface area contributed by atoms with Crippen LogP contribution in [0.2, 0.25) is 0 Å². The molecule has 2 aliphatic heterocycles. The number of piperidine rings is 1. The molecule has 148 valence electrons. The highest BCUT2D eigenvalue weighted by atomic mass is 35.5. The Labute approximate surface area is 162 Å². The van der Waals surface area contributed by atoms with Crippen LogP contribution in [-0.4, -0.2) is 43.1 Å². The summed E-state index contributed by atoms with van der Waals surface area (Å²) >= 11 is 0. The number of carbonyl (C=O) groups is 1. The zero-order valence-corrected chi connectivity index (χ0v) is 15.7.